The third-order valence-electron chi connectivity index (χ3n) is 3.40. The number of hydrogen-bond donors (Lipinski definition) is 1. The van der Waals surface area contributed by atoms with E-state index >= 15 is 0 Å². The zero-order valence-electron chi connectivity index (χ0n) is 9.15. The summed E-state index contributed by atoms with van der Waals surface area (Å²) in [4.78, 5) is 0. The van der Waals surface area contributed by atoms with Crippen LogP contribution in [-0.2, 0) is 7.05 Å². The predicted molar refractivity (Wildman–Crippen MR) is 60.6 cm³/mol. The number of rotatable bonds is 2. The first-order chi connectivity index (χ1) is 7.70. The largest absolute Gasteiger partial charge is 0.330 e. The van der Waals surface area contributed by atoms with E-state index < -0.39 is 0 Å². The van der Waals surface area contributed by atoms with Gasteiger partial charge in [0.2, 0.25) is 0 Å². The summed E-state index contributed by atoms with van der Waals surface area (Å²) in [6.45, 7) is 0.712. The first kappa shape index (κ1) is 9.78. The van der Waals surface area contributed by atoms with Gasteiger partial charge in [0.15, 0.2) is 5.82 Å². The molecule has 0 spiro atoms. The van der Waals surface area contributed by atoms with Crippen molar-refractivity contribution < 1.29 is 4.39 Å². The average molecular weight is 219 g/mol. The van der Waals surface area contributed by atoms with Crippen LogP contribution in [0.15, 0.2) is 18.3 Å². The molecule has 1 aliphatic rings. The first-order valence-corrected chi connectivity index (χ1v) is 5.52. The maximum atomic E-state index is 13.5. The lowest BCUT2D eigenvalue weighted by atomic mass is 10.0. The van der Waals surface area contributed by atoms with Gasteiger partial charge in [0.1, 0.15) is 5.52 Å². The summed E-state index contributed by atoms with van der Waals surface area (Å²) in [5, 5.41) is 5.08. The Balaban J connectivity index is 2.15. The molecule has 1 aliphatic carbocycles. The molecule has 84 valence electrons. The fourth-order valence-corrected chi connectivity index (χ4v) is 2.42. The van der Waals surface area contributed by atoms with Crippen LogP contribution in [-0.4, -0.2) is 16.3 Å². The summed E-state index contributed by atoms with van der Waals surface area (Å²) in [5.41, 5.74) is 7.31. The van der Waals surface area contributed by atoms with E-state index in [1.54, 1.807) is 4.68 Å². The van der Waals surface area contributed by atoms with E-state index in [1.807, 2.05) is 19.3 Å². The van der Waals surface area contributed by atoms with Crippen LogP contribution in [0.3, 0.4) is 0 Å². The van der Waals surface area contributed by atoms with E-state index in [-0.39, 0.29) is 5.82 Å². The summed E-state index contributed by atoms with van der Waals surface area (Å²) < 4.78 is 15.2. The average Bonchev–Trinajstić information content (AvgIpc) is 2.93. The van der Waals surface area contributed by atoms with Crippen molar-refractivity contribution in [1.29, 1.82) is 0 Å². The summed E-state index contributed by atoms with van der Waals surface area (Å²) in [5.74, 6) is 0.815. The molecule has 0 radical (unpaired) electrons. The van der Waals surface area contributed by atoms with Gasteiger partial charge in [-0.1, -0.05) is 6.07 Å². The Morgan fingerprint density at radius 1 is 1.56 bits per heavy atom. The zero-order valence-corrected chi connectivity index (χ0v) is 9.15. The smallest absolute Gasteiger partial charge is 0.151 e. The quantitative estimate of drug-likeness (QED) is 0.836. The maximum Gasteiger partial charge on any atom is 0.151 e. The van der Waals surface area contributed by atoms with Gasteiger partial charge in [-0.3, -0.25) is 4.68 Å². The molecule has 2 unspecified atom stereocenters. The molecule has 1 saturated carbocycles. The van der Waals surface area contributed by atoms with Crippen LogP contribution in [0, 0.1) is 11.7 Å². The minimum absolute atomic E-state index is 0.246. The lowest BCUT2D eigenvalue weighted by Crippen LogP contribution is -2.02. The van der Waals surface area contributed by atoms with Gasteiger partial charge in [0.05, 0.1) is 0 Å². The first-order valence-electron chi connectivity index (χ1n) is 5.52. The van der Waals surface area contributed by atoms with Crippen molar-refractivity contribution >= 4 is 10.9 Å². The lowest BCUT2D eigenvalue weighted by molar-refractivity contribution is 0.632. The molecule has 1 heterocycles. The number of halogens is 1. The van der Waals surface area contributed by atoms with Gasteiger partial charge in [-0.05, 0) is 36.4 Å². The Hall–Kier alpha value is -1.42. The Morgan fingerprint density at radius 3 is 3.06 bits per heavy atom. The normalized spacial score (nSPS) is 23.9. The van der Waals surface area contributed by atoms with Crippen LogP contribution >= 0.6 is 0 Å². The van der Waals surface area contributed by atoms with Gasteiger partial charge in [-0.15, -0.1) is 0 Å². The van der Waals surface area contributed by atoms with Crippen LogP contribution in [0.1, 0.15) is 17.9 Å². The van der Waals surface area contributed by atoms with Crippen molar-refractivity contribution in [3.63, 3.8) is 0 Å². The Labute approximate surface area is 93.0 Å². The Bertz CT molecular complexity index is 546. The number of fused-ring (bicyclic) bond motifs is 1. The topological polar surface area (TPSA) is 43.8 Å². The number of hydrogen-bond acceptors (Lipinski definition) is 2. The molecule has 1 aromatic carbocycles. The molecule has 0 amide bonds. The molecule has 2 atom stereocenters. The standard InChI is InChI=1S/C12H14FN3/c1-16-6-10-8(9-4-7(9)5-14)2-3-11(13)12(10)15-16/h2-3,6-7,9H,4-5,14H2,1H3. The third kappa shape index (κ3) is 1.33. The van der Waals surface area contributed by atoms with Crippen molar-refractivity contribution in [1.82, 2.24) is 9.78 Å². The van der Waals surface area contributed by atoms with Gasteiger partial charge < -0.3 is 5.73 Å². The highest BCUT2D eigenvalue weighted by Crippen LogP contribution is 2.48. The van der Waals surface area contributed by atoms with Crippen molar-refractivity contribution in [3.05, 3.63) is 29.7 Å². The number of aryl methyl sites for hydroxylation is 1. The molecule has 16 heavy (non-hydrogen) atoms. The van der Waals surface area contributed by atoms with Crippen molar-refractivity contribution in [2.24, 2.45) is 18.7 Å². The van der Waals surface area contributed by atoms with Crippen LogP contribution < -0.4 is 5.73 Å². The molecule has 0 saturated heterocycles. The predicted octanol–water partition coefficient (Wildman–Crippen LogP) is 1.77. The molecular formula is C12H14FN3. The lowest BCUT2D eigenvalue weighted by Gasteiger charge is -2.01. The van der Waals surface area contributed by atoms with Gasteiger partial charge in [0, 0.05) is 18.6 Å². The molecule has 1 fully saturated rings. The maximum absolute atomic E-state index is 13.5. The number of aromatic nitrogens is 2. The zero-order chi connectivity index (χ0) is 11.3. The molecule has 2 N–H and O–H groups in total. The van der Waals surface area contributed by atoms with E-state index in [2.05, 4.69) is 5.10 Å². The molecule has 0 bridgehead atoms. The van der Waals surface area contributed by atoms with E-state index in [9.17, 15) is 4.39 Å². The number of nitrogens with two attached hydrogens (primary N) is 1. The second kappa shape index (κ2) is 3.28. The SMILES string of the molecule is Cn1cc2c(C3CC3CN)ccc(F)c2n1. The molecule has 0 aliphatic heterocycles. The number of nitrogens with zero attached hydrogens (tertiary/aromatic N) is 2. The highest BCUT2D eigenvalue weighted by molar-refractivity contribution is 5.83. The van der Waals surface area contributed by atoms with Gasteiger partial charge in [-0.2, -0.15) is 5.10 Å². The minimum atomic E-state index is -0.246. The second-order valence-electron chi connectivity index (χ2n) is 4.54. The highest BCUT2D eigenvalue weighted by atomic mass is 19.1. The van der Waals surface area contributed by atoms with E-state index in [0.717, 1.165) is 11.8 Å². The van der Waals surface area contributed by atoms with E-state index in [4.69, 9.17) is 5.73 Å². The van der Waals surface area contributed by atoms with E-state index in [1.165, 1.54) is 11.6 Å². The van der Waals surface area contributed by atoms with Gasteiger partial charge in [-0.25, -0.2) is 4.39 Å². The minimum Gasteiger partial charge on any atom is -0.330 e. The van der Waals surface area contributed by atoms with Crippen molar-refractivity contribution in [2.45, 2.75) is 12.3 Å². The van der Waals surface area contributed by atoms with Crippen molar-refractivity contribution in [3.8, 4) is 0 Å². The monoisotopic (exact) mass is 219 g/mol. The van der Waals surface area contributed by atoms with Gasteiger partial charge in [0.25, 0.3) is 0 Å². The number of benzene rings is 1. The summed E-state index contributed by atoms with van der Waals surface area (Å²) in [6.07, 6.45) is 3.01. The fourth-order valence-electron chi connectivity index (χ4n) is 2.42. The van der Waals surface area contributed by atoms with Gasteiger partial charge >= 0.3 is 0 Å². The summed E-state index contributed by atoms with van der Waals surface area (Å²) in [6, 6.07) is 3.39. The summed E-state index contributed by atoms with van der Waals surface area (Å²) in [7, 11) is 1.82. The Kier molecular flexibility index (Phi) is 2.01. The molecule has 3 rings (SSSR count). The molecule has 1 aromatic heterocycles. The van der Waals surface area contributed by atoms with Crippen LogP contribution in [0.5, 0.6) is 0 Å². The molecule has 4 heteroatoms. The molecule has 2 aromatic rings. The van der Waals surface area contributed by atoms with Crippen LogP contribution in [0.25, 0.3) is 10.9 Å². The van der Waals surface area contributed by atoms with Crippen LogP contribution in [0.4, 0.5) is 4.39 Å². The fraction of sp³-hybridized carbons (Fsp3) is 0.417. The Morgan fingerprint density at radius 2 is 2.38 bits per heavy atom. The van der Waals surface area contributed by atoms with Crippen molar-refractivity contribution in [2.75, 3.05) is 6.54 Å². The highest BCUT2D eigenvalue weighted by Gasteiger charge is 2.38. The summed E-state index contributed by atoms with van der Waals surface area (Å²) >= 11 is 0. The van der Waals surface area contributed by atoms with E-state index in [0.29, 0.717) is 23.9 Å². The second-order valence-corrected chi connectivity index (χ2v) is 4.54. The van der Waals surface area contributed by atoms with Crippen LogP contribution in [0.2, 0.25) is 0 Å². The molecule has 3 nitrogen and oxygen atoms in total. The third-order valence-corrected chi connectivity index (χ3v) is 3.40. The molecular weight excluding hydrogens is 205 g/mol.